The van der Waals surface area contributed by atoms with Crippen LogP contribution in [0.3, 0.4) is 0 Å². The van der Waals surface area contributed by atoms with E-state index in [1.807, 2.05) is 0 Å². The third-order valence-corrected chi connectivity index (χ3v) is 13.9. The molecule has 25 heteroatoms. The second kappa shape index (κ2) is 14.4. The van der Waals surface area contributed by atoms with Crippen LogP contribution in [0.15, 0.2) is 109 Å². The first-order chi connectivity index (χ1) is 24.5. The fourth-order valence-electron chi connectivity index (χ4n) is 4.96. The van der Waals surface area contributed by atoms with E-state index in [9.17, 15) is 60.9 Å². The van der Waals surface area contributed by atoms with E-state index >= 15 is 0 Å². The third-order valence-electron chi connectivity index (χ3n) is 7.19. The Morgan fingerprint density at radius 2 is 1.34 bits per heavy atom. The van der Waals surface area contributed by atoms with E-state index < -0.39 is 109 Å². The van der Waals surface area contributed by atoms with Crippen molar-refractivity contribution in [1.82, 2.24) is 0 Å². The van der Waals surface area contributed by atoms with Gasteiger partial charge in [0.2, 0.25) is 0 Å². The van der Waals surface area contributed by atoms with Crippen molar-refractivity contribution in [3.63, 3.8) is 0 Å². The van der Waals surface area contributed by atoms with Crippen LogP contribution in [0.25, 0.3) is 21.5 Å². The molecule has 0 aliphatic heterocycles. The first kappa shape index (κ1) is 39.8. The van der Waals surface area contributed by atoms with E-state index in [1.165, 1.54) is 42.5 Å². The van der Waals surface area contributed by atoms with Crippen LogP contribution in [0.5, 0.6) is 5.75 Å². The normalized spacial score (nSPS) is 13.1. The van der Waals surface area contributed by atoms with Crippen LogP contribution in [0.2, 0.25) is 0 Å². The van der Waals surface area contributed by atoms with Crippen molar-refractivity contribution in [3.8, 4) is 5.75 Å². The molecule has 53 heavy (non-hydrogen) atoms. The fourth-order valence-corrected chi connectivity index (χ4v) is 10.4. The first-order valence-electron chi connectivity index (χ1n) is 14.1. The number of hydrogen-bond acceptors (Lipinski definition) is 16. The number of hydrogen-bond donors (Lipinski definition) is 7. The minimum atomic E-state index is -5.31. The van der Waals surface area contributed by atoms with Crippen LogP contribution in [0.1, 0.15) is 0 Å². The Hall–Kier alpha value is -4.44. The predicted octanol–water partition coefficient (Wildman–Crippen LogP) is 4.60. The van der Waals surface area contributed by atoms with Crippen molar-refractivity contribution in [2.45, 2.75) is 19.6 Å². The van der Waals surface area contributed by atoms with Crippen LogP contribution >= 0.6 is 10.8 Å². The number of azo groups is 1. The Bertz CT molecular complexity index is 2900. The molecule has 19 nitrogen and oxygen atoms in total. The van der Waals surface area contributed by atoms with Crippen molar-refractivity contribution in [2.75, 3.05) is 22.4 Å². The minimum Gasteiger partial charge on any atom is -0.505 e. The zero-order valence-corrected chi connectivity index (χ0v) is 31.0. The van der Waals surface area contributed by atoms with Gasteiger partial charge in [-0.2, -0.15) is 33.7 Å². The molecular formula is C28H24N4O15S6. The molecule has 0 saturated carbocycles. The number of phenolic OH excluding ortho intramolecular Hbond substituents is 1. The second-order valence-electron chi connectivity index (χ2n) is 10.7. The van der Waals surface area contributed by atoms with Crippen molar-refractivity contribution in [3.05, 3.63) is 78.9 Å². The Kier molecular flexibility index (Phi) is 10.8. The Labute approximate surface area is 305 Å². The molecule has 0 heterocycles. The standard InChI is InChI=1S/C28H24N4O15S6/c33-27-25-17(13-24(51(39,40)41)26(27)32-30-22-9-8-16-4-1-2-7-21(16)28(22)52(42,43)44)12-20(50(36,37)38)15-23(25)31-29-18-5-3-6-19(14-18)49(34,35)11-10-48-53(45,46)47/h1-9,12-15,29,31,33H,10-11H2,(H,36,37,38)(H,39,40,41)(H,42,43,44)(H,45,46,47). The second-order valence-corrected chi connectivity index (χ2v) is 20.5. The Morgan fingerprint density at radius 1 is 0.642 bits per heavy atom. The summed E-state index contributed by atoms with van der Waals surface area (Å²) in [6.07, 6.45) is 0. The molecule has 0 aliphatic rings. The third kappa shape index (κ3) is 9.21. The maximum absolute atomic E-state index is 12.8. The van der Waals surface area contributed by atoms with E-state index in [-0.39, 0.29) is 26.8 Å². The summed E-state index contributed by atoms with van der Waals surface area (Å²) in [6, 6.07) is 15.5. The highest BCUT2D eigenvalue weighted by atomic mass is 33.1. The monoisotopic (exact) mass is 848 g/mol. The smallest absolute Gasteiger partial charge is 0.319 e. The zero-order chi connectivity index (χ0) is 39.1. The van der Waals surface area contributed by atoms with Crippen LogP contribution in [-0.4, -0.2) is 76.9 Å². The molecule has 0 saturated heterocycles. The molecule has 0 spiro atoms. The van der Waals surface area contributed by atoms with Gasteiger partial charge in [-0.3, -0.25) is 18.2 Å². The highest BCUT2D eigenvalue weighted by Crippen LogP contribution is 2.46. The number of sulfone groups is 1. The summed E-state index contributed by atoms with van der Waals surface area (Å²) in [6.45, 7) is 0. The first-order valence-corrected chi connectivity index (χ1v) is 23.0. The Balaban J connectivity index is 1.64. The quantitative estimate of drug-likeness (QED) is 0.0368. The molecular weight excluding hydrogens is 825 g/mol. The molecule has 0 amide bonds. The average Bonchev–Trinajstić information content (AvgIpc) is 3.04. The lowest BCUT2D eigenvalue weighted by Gasteiger charge is -2.17. The lowest BCUT2D eigenvalue weighted by Crippen LogP contribution is -2.13. The van der Waals surface area contributed by atoms with Gasteiger partial charge in [0.15, 0.2) is 15.6 Å². The molecule has 0 unspecified atom stereocenters. The molecule has 0 bridgehead atoms. The van der Waals surface area contributed by atoms with Gasteiger partial charge in [-0.15, -0.1) is 10.2 Å². The Morgan fingerprint density at radius 3 is 1.98 bits per heavy atom. The number of phenols is 1. The molecule has 5 aromatic carbocycles. The maximum atomic E-state index is 12.8. The summed E-state index contributed by atoms with van der Waals surface area (Å²) in [5.41, 5.74) is 3.16. The molecule has 5 rings (SSSR count). The number of benzene rings is 5. The van der Waals surface area contributed by atoms with Crippen molar-refractivity contribution in [2.24, 2.45) is 10.2 Å². The molecule has 0 fully saturated rings. The van der Waals surface area contributed by atoms with Gasteiger partial charge < -0.3 is 16.0 Å². The number of aromatic hydroxyl groups is 1. The van der Waals surface area contributed by atoms with Crippen LogP contribution < -0.4 is 10.9 Å². The molecule has 0 aromatic heterocycles. The molecule has 0 aliphatic carbocycles. The van der Waals surface area contributed by atoms with Gasteiger partial charge in [0.1, 0.15) is 21.2 Å². The molecule has 0 atom stereocenters. The van der Waals surface area contributed by atoms with Crippen LogP contribution in [0.4, 0.5) is 22.7 Å². The largest absolute Gasteiger partial charge is 0.505 e. The number of nitrogens with one attached hydrogen (secondary N) is 2. The number of hydrazine groups is 1. The van der Waals surface area contributed by atoms with E-state index in [0.29, 0.717) is 11.5 Å². The van der Waals surface area contributed by atoms with Crippen molar-refractivity contribution >= 4 is 104 Å². The van der Waals surface area contributed by atoms with Gasteiger partial charge in [-0.1, -0.05) is 36.4 Å². The van der Waals surface area contributed by atoms with E-state index in [1.54, 1.807) is 6.07 Å². The van der Waals surface area contributed by atoms with Crippen LogP contribution in [-0.2, 0) is 49.3 Å². The maximum Gasteiger partial charge on any atom is 0.319 e. The molecule has 282 valence electrons. The number of anilines is 2. The summed E-state index contributed by atoms with van der Waals surface area (Å²) in [4.78, 5) is -3.01. The topological polar surface area (TPSA) is 321 Å². The lowest BCUT2D eigenvalue weighted by atomic mass is 10.1. The average molecular weight is 849 g/mol. The number of nitrogens with zero attached hydrogens (tertiary/aromatic N) is 2. The molecule has 7 N–H and O–H groups in total. The predicted molar refractivity (Wildman–Crippen MR) is 193 cm³/mol. The van der Waals surface area contributed by atoms with Gasteiger partial charge in [-0.25, -0.2) is 8.42 Å². The van der Waals surface area contributed by atoms with Gasteiger partial charge in [0.25, 0.3) is 30.4 Å². The summed E-state index contributed by atoms with van der Waals surface area (Å²) >= 11 is 0. The van der Waals surface area contributed by atoms with Gasteiger partial charge >= 0.3 is 9.15 Å². The summed E-state index contributed by atoms with van der Waals surface area (Å²) < 4.78 is 160. The van der Waals surface area contributed by atoms with E-state index in [0.717, 1.165) is 24.3 Å². The van der Waals surface area contributed by atoms with Crippen LogP contribution in [0, 0.1) is 0 Å². The lowest BCUT2D eigenvalue weighted by molar-refractivity contribution is 0.472. The fraction of sp³-hybridized carbons (Fsp3) is 0.0714. The van der Waals surface area contributed by atoms with Gasteiger partial charge in [-0.05, 0) is 64.0 Å². The zero-order valence-electron chi connectivity index (χ0n) is 26.1. The summed E-state index contributed by atoms with van der Waals surface area (Å²) in [7, 11) is -23.9. The van der Waals surface area contributed by atoms with E-state index in [2.05, 4.69) is 21.1 Å². The number of rotatable bonds is 13. The minimum absolute atomic E-state index is 0.00207. The summed E-state index contributed by atoms with van der Waals surface area (Å²) in [5, 5.41) is 18.4. The number of fused-ring (bicyclic) bond motifs is 2. The van der Waals surface area contributed by atoms with E-state index in [4.69, 9.17) is 4.55 Å². The van der Waals surface area contributed by atoms with Crippen molar-refractivity contribution < 1.29 is 65.4 Å². The van der Waals surface area contributed by atoms with Crippen molar-refractivity contribution in [1.29, 1.82) is 0 Å². The van der Waals surface area contributed by atoms with Gasteiger partial charge in [0, 0.05) is 11.1 Å². The van der Waals surface area contributed by atoms with Gasteiger partial charge in [0.05, 0.1) is 32.3 Å². The highest BCUT2D eigenvalue weighted by Gasteiger charge is 2.27. The molecule has 5 aromatic rings. The SMILES string of the molecule is O=S(=O)(O)SCCS(=O)(=O)c1cccc(NNc2cc(S(=O)(=O)O)cc3cc(S(=O)(=O)O)c(N=Nc4ccc5ccccc5c4S(=O)(=O)O)c(O)c23)c1. The summed E-state index contributed by atoms with van der Waals surface area (Å²) in [5.74, 6) is -2.28. The molecule has 0 radical (unpaired) electrons. The highest BCUT2D eigenvalue weighted by molar-refractivity contribution is 8.70.